The summed E-state index contributed by atoms with van der Waals surface area (Å²) in [6.07, 6.45) is 6.26. The molecule has 7 heteroatoms. The third kappa shape index (κ3) is 3.05. The molecule has 4 aromatic rings. The number of carbonyl (C=O) groups is 1. The van der Waals surface area contributed by atoms with Gasteiger partial charge in [-0.1, -0.05) is 30.3 Å². The Labute approximate surface area is 148 Å². The van der Waals surface area contributed by atoms with Gasteiger partial charge in [-0.05, 0) is 12.1 Å². The molecule has 0 bridgehead atoms. The van der Waals surface area contributed by atoms with Crippen molar-refractivity contribution in [3.8, 4) is 28.5 Å². The predicted octanol–water partition coefficient (Wildman–Crippen LogP) is 3.09. The molecule has 26 heavy (non-hydrogen) atoms. The third-order valence-corrected chi connectivity index (χ3v) is 3.77. The quantitative estimate of drug-likeness (QED) is 0.612. The SMILES string of the molecule is O=C(O)c1cn(-c2cc(-c3cccnc3)nc(-c3ccccc3)n2)cn1. The average molecular weight is 343 g/mol. The fraction of sp³-hybridized carbons (Fsp3) is 0. The highest BCUT2D eigenvalue weighted by Gasteiger charge is 2.12. The molecule has 1 aromatic carbocycles. The van der Waals surface area contributed by atoms with Crippen LogP contribution in [-0.4, -0.2) is 35.6 Å². The molecule has 3 heterocycles. The molecule has 0 amide bonds. The van der Waals surface area contributed by atoms with Crippen molar-refractivity contribution in [1.82, 2.24) is 24.5 Å². The Hall–Kier alpha value is -3.87. The highest BCUT2D eigenvalue weighted by Crippen LogP contribution is 2.23. The van der Waals surface area contributed by atoms with Gasteiger partial charge < -0.3 is 5.11 Å². The molecule has 0 aliphatic heterocycles. The van der Waals surface area contributed by atoms with Gasteiger partial charge in [0.05, 0.1) is 5.69 Å². The largest absolute Gasteiger partial charge is 0.476 e. The standard InChI is InChI=1S/C19H13N5O2/c25-19(26)16-11-24(12-21-16)17-9-15(14-7-4-8-20-10-14)22-18(23-17)13-5-2-1-3-6-13/h1-12H,(H,25,26). The van der Waals surface area contributed by atoms with Gasteiger partial charge in [0.2, 0.25) is 0 Å². The summed E-state index contributed by atoms with van der Waals surface area (Å²) in [6, 6.07) is 15.1. The summed E-state index contributed by atoms with van der Waals surface area (Å²) in [4.78, 5) is 28.3. The Bertz CT molecular complexity index is 1000. The molecule has 7 nitrogen and oxygen atoms in total. The summed E-state index contributed by atoms with van der Waals surface area (Å²) in [7, 11) is 0. The van der Waals surface area contributed by atoms with Gasteiger partial charge in [0, 0.05) is 35.8 Å². The molecule has 0 aliphatic carbocycles. The van der Waals surface area contributed by atoms with Crippen molar-refractivity contribution < 1.29 is 9.90 Å². The second kappa shape index (κ2) is 6.56. The molecule has 0 fully saturated rings. The third-order valence-electron chi connectivity index (χ3n) is 3.77. The van der Waals surface area contributed by atoms with Crippen molar-refractivity contribution in [2.45, 2.75) is 0 Å². The lowest BCUT2D eigenvalue weighted by atomic mass is 10.1. The zero-order chi connectivity index (χ0) is 17.9. The molecule has 0 aliphatic rings. The predicted molar refractivity (Wildman–Crippen MR) is 94.8 cm³/mol. The zero-order valence-electron chi connectivity index (χ0n) is 13.5. The number of benzene rings is 1. The first-order valence-corrected chi connectivity index (χ1v) is 7.83. The van der Waals surface area contributed by atoms with E-state index in [4.69, 9.17) is 5.11 Å². The molecule has 0 saturated carbocycles. The van der Waals surface area contributed by atoms with Crippen LogP contribution in [0.4, 0.5) is 0 Å². The Morgan fingerprint density at radius 1 is 1.00 bits per heavy atom. The summed E-state index contributed by atoms with van der Waals surface area (Å²) in [5.74, 6) is -0.0289. The number of imidazole rings is 1. The van der Waals surface area contributed by atoms with Gasteiger partial charge in [-0.2, -0.15) is 0 Å². The first-order valence-electron chi connectivity index (χ1n) is 7.83. The molecular weight excluding hydrogens is 330 g/mol. The lowest BCUT2D eigenvalue weighted by Gasteiger charge is -2.09. The smallest absolute Gasteiger partial charge is 0.356 e. The zero-order valence-corrected chi connectivity index (χ0v) is 13.5. The van der Waals surface area contributed by atoms with Crippen LogP contribution < -0.4 is 0 Å². The summed E-state index contributed by atoms with van der Waals surface area (Å²) in [6.45, 7) is 0. The lowest BCUT2D eigenvalue weighted by molar-refractivity contribution is 0.0691. The molecule has 4 rings (SSSR count). The maximum Gasteiger partial charge on any atom is 0.356 e. The summed E-state index contributed by atoms with van der Waals surface area (Å²) < 4.78 is 1.57. The number of rotatable bonds is 4. The fourth-order valence-electron chi connectivity index (χ4n) is 2.50. The van der Waals surface area contributed by atoms with E-state index in [9.17, 15) is 4.79 Å². The Morgan fingerprint density at radius 2 is 1.81 bits per heavy atom. The van der Waals surface area contributed by atoms with Crippen LogP contribution in [0.1, 0.15) is 10.5 Å². The Balaban J connectivity index is 1.89. The van der Waals surface area contributed by atoms with Gasteiger partial charge in [0.15, 0.2) is 11.5 Å². The Kier molecular flexibility index (Phi) is 3.95. The van der Waals surface area contributed by atoms with Crippen molar-refractivity contribution in [3.05, 3.63) is 79.1 Å². The van der Waals surface area contributed by atoms with Crippen LogP contribution in [0.15, 0.2) is 73.4 Å². The molecule has 0 atom stereocenters. The molecule has 1 N–H and O–H groups in total. The minimum atomic E-state index is -1.09. The first kappa shape index (κ1) is 15.6. The number of carboxylic acids is 1. The summed E-state index contributed by atoms with van der Waals surface area (Å²) >= 11 is 0. The monoisotopic (exact) mass is 343 g/mol. The minimum Gasteiger partial charge on any atom is -0.476 e. The number of aromatic carboxylic acids is 1. The average Bonchev–Trinajstić information content (AvgIpc) is 3.20. The molecule has 126 valence electrons. The van der Waals surface area contributed by atoms with Gasteiger partial charge in [-0.25, -0.2) is 19.7 Å². The minimum absolute atomic E-state index is 0.0483. The molecule has 0 saturated heterocycles. The van der Waals surface area contributed by atoms with Crippen molar-refractivity contribution in [2.75, 3.05) is 0 Å². The maximum absolute atomic E-state index is 11.1. The van der Waals surface area contributed by atoms with Crippen LogP contribution in [0.2, 0.25) is 0 Å². The molecular formula is C19H13N5O2. The topological polar surface area (TPSA) is 93.8 Å². The number of pyridine rings is 1. The van der Waals surface area contributed by atoms with E-state index in [1.54, 1.807) is 23.0 Å². The van der Waals surface area contributed by atoms with Crippen molar-refractivity contribution in [1.29, 1.82) is 0 Å². The highest BCUT2D eigenvalue weighted by molar-refractivity contribution is 5.85. The van der Waals surface area contributed by atoms with Crippen LogP contribution in [0.3, 0.4) is 0 Å². The van der Waals surface area contributed by atoms with E-state index in [0.29, 0.717) is 17.3 Å². The number of nitrogens with zero attached hydrogens (tertiary/aromatic N) is 5. The van der Waals surface area contributed by atoms with Crippen molar-refractivity contribution in [2.24, 2.45) is 0 Å². The normalized spacial score (nSPS) is 10.6. The van der Waals surface area contributed by atoms with Gasteiger partial charge in [-0.15, -0.1) is 0 Å². The van der Waals surface area contributed by atoms with E-state index in [2.05, 4.69) is 19.9 Å². The lowest BCUT2D eigenvalue weighted by Crippen LogP contribution is -2.01. The van der Waals surface area contributed by atoms with Crippen LogP contribution in [0, 0.1) is 0 Å². The van der Waals surface area contributed by atoms with Crippen molar-refractivity contribution >= 4 is 5.97 Å². The second-order valence-corrected chi connectivity index (χ2v) is 5.51. The van der Waals surface area contributed by atoms with E-state index in [0.717, 1.165) is 11.1 Å². The van der Waals surface area contributed by atoms with Gasteiger partial charge in [0.25, 0.3) is 0 Å². The van der Waals surface area contributed by atoms with E-state index < -0.39 is 5.97 Å². The summed E-state index contributed by atoms with van der Waals surface area (Å²) in [5, 5.41) is 9.09. The van der Waals surface area contributed by atoms with Crippen LogP contribution in [-0.2, 0) is 0 Å². The van der Waals surface area contributed by atoms with Crippen LogP contribution in [0.25, 0.3) is 28.5 Å². The molecule has 3 aromatic heterocycles. The number of hydrogen-bond acceptors (Lipinski definition) is 5. The van der Waals surface area contributed by atoms with E-state index >= 15 is 0 Å². The van der Waals surface area contributed by atoms with E-state index in [1.165, 1.54) is 12.5 Å². The van der Waals surface area contributed by atoms with Crippen LogP contribution >= 0.6 is 0 Å². The first-order chi connectivity index (χ1) is 12.7. The maximum atomic E-state index is 11.1. The fourth-order valence-corrected chi connectivity index (χ4v) is 2.50. The van der Waals surface area contributed by atoms with E-state index in [1.807, 2.05) is 42.5 Å². The Morgan fingerprint density at radius 3 is 2.50 bits per heavy atom. The number of aromatic nitrogens is 5. The molecule has 0 spiro atoms. The molecule has 0 unspecified atom stereocenters. The second-order valence-electron chi connectivity index (χ2n) is 5.51. The number of carboxylic acid groups (broad SMARTS) is 1. The highest BCUT2D eigenvalue weighted by atomic mass is 16.4. The van der Waals surface area contributed by atoms with Gasteiger partial charge in [-0.3, -0.25) is 9.55 Å². The van der Waals surface area contributed by atoms with Gasteiger partial charge >= 0.3 is 5.97 Å². The number of hydrogen-bond donors (Lipinski definition) is 1. The van der Waals surface area contributed by atoms with Gasteiger partial charge in [0.1, 0.15) is 12.1 Å². The van der Waals surface area contributed by atoms with Crippen LogP contribution in [0.5, 0.6) is 0 Å². The van der Waals surface area contributed by atoms with E-state index in [-0.39, 0.29) is 5.69 Å². The van der Waals surface area contributed by atoms with Crippen molar-refractivity contribution in [3.63, 3.8) is 0 Å². The molecule has 0 radical (unpaired) electrons. The summed E-state index contributed by atoms with van der Waals surface area (Å²) in [5.41, 5.74) is 2.34.